The van der Waals surface area contributed by atoms with Crippen molar-refractivity contribution in [3.8, 4) is 11.5 Å². The van der Waals surface area contributed by atoms with E-state index in [1.54, 1.807) is 0 Å². The number of nitrogens with zero attached hydrogens (tertiary/aromatic N) is 1. The summed E-state index contributed by atoms with van der Waals surface area (Å²) in [6, 6.07) is 5.56. The van der Waals surface area contributed by atoms with Crippen molar-refractivity contribution >= 4 is 11.6 Å². The zero-order valence-corrected chi connectivity index (χ0v) is 13.9. The first-order valence-electron chi connectivity index (χ1n) is 8.28. The van der Waals surface area contributed by atoms with E-state index in [1.807, 2.05) is 32.0 Å². The zero-order chi connectivity index (χ0) is 16.7. The van der Waals surface area contributed by atoms with Gasteiger partial charge in [0.15, 0.2) is 5.96 Å². The quantitative estimate of drug-likeness (QED) is 0.530. The van der Waals surface area contributed by atoms with Crippen molar-refractivity contribution in [1.29, 1.82) is 0 Å². The maximum absolute atomic E-state index is 9.83. The molecule has 23 heavy (non-hydrogen) atoms. The van der Waals surface area contributed by atoms with Crippen LogP contribution in [0.4, 0.5) is 5.69 Å². The summed E-state index contributed by atoms with van der Waals surface area (Å²) in [6.45, 7) is 5.56. The van der Waals surface area contributed by atoms with Gasteiger partial charge in [-0.1, -0.05) is 6.42 Å². The van der Waals surface area contributed by atoms with Crippen LogP contribution in [0.3, 0.4) is 0 Å². The van der Waals surface area contributed by atoms with Crippen LogP contribution in [-0.4, -0.2) is 36.9 Å². The van der Waals surface area contributed by atoms with Gasteiger partial charge in [-0.3, -0.25) is 4.99 Å². The summed E-state index contributed by atoms with van der Waals surface area (Å²) >= 11 is 0. The first-order chi connectivity index (χ1) is 11.1. The molecule has 0 bridgehead atoms. The molecule has 2 unspecified atom stereocenters. The highest BCUT2D eigenvalue weighted by atomic mass is 16.5. The predicted octanol–water partition coefficient (Wildman–Crippen LogP) is 2.37. The fourth-order valence-corrected chi connectivity index (χ4v) is 2.77. The number of nitrogens with one attached hydrogen (secondary N) is 1. The minimum Gasteiger partial charge on any atom is -0.494 e. The van der Waals surface area contributed by atoms with Crippen molar-refractivity contribution in [3.05, 3.63) is 18.2 Å². The Bertz CT molecular complexity index is 534. The lowest BCUT2D eigenvalue weighted by Gasteiger charge is -2.15. The van der Waals surface area contributed by atoms with E-state index in [1.165, 1.54) is 0 Å². The lowest BCUT2D eigenvalue weighted by Crippen LogP contribution is -2.25. The molecule has 128 valence electrons. The van der Waals surface area contributed by atoms with Crippen LogP contribution >= 0.6 is 0 Å². The van der Waals surface area contributed by atoms with Crippen LogP contribution in [0.2, 0.25) is 0 Å². The van der Waals surface area contributed by atoms with E-state index in [-0.39, 0.29) is 12.0 Å². The normalized spacial score (nSPS) is 21.3. The Kier molecular flexibility index (Phi) is 6.52. The highest BCUT2D eigenvalue weighted by molar-refractivity contribution is 5.94. The number of rotatable bonds is 7. The second-order valence-electron chi connectivity index (χ2n) is 5.63. The molecule has 1 saturated carbocycles. The molecule has 4 N–H and O–H groups in total. The van der Waals surface area contributed by atoms with Gasteiger partial charge < -0.3 is 25.6 Å². The van der Waals surface area contributed by atoms with Crippen molar-refractivity contribution in [3.63, 3.8) is 0 Å². The van der Waals surface area contributed by atoms with Crippen molar-refractivity contribution in [2.75, 3.05) is 25.1 Å². The number of hydrogen-bond donors (Lipinski definition) is 3. The number of anilines is 1. The zero-order valence-electron chi connectivity index (χ0n) is 13.9. The number of nitrogens with two attached hydrogens (primary N) is 1. The molecule has 6 heteroatoms. The van der Waals surface area contributed by atoms with Crippen molar-refractivity contribution in [2.24, 2.45) is 16.6 Å². The molecule has 0 spiro atoms. The smallest absolute Gasteiger partial charge is 0.193 e. The molecule has 6 nitrogen and oxygen atoms in total. The maximum atomic E-state index is 9.83. The van der Waals surface area contributed by atoms with Gasteiger partial charge >= 0.3 is 0 Å². The number of guanidine groups is 1. The van der Waals surface area contributed by atoms with E-state index < -0.39 is 0 Å². The highest BCUT2D eigenvalue weighted by Gasteiger charge is 2.24. The molecule has 0 aromatic heterocycles. The second kappa shape index (κ2) is 8.62. The molecule has 0 aliphatic heterocycles. The predicted molar refractivity (Wildman–Crippen MR) is 92.2 cm³/mol. The summed E-state index contributed by atoms with van der Waals surface area (Å²) in [4.78, 5) is 4.36. The van der Waals surface area contributed by atoms with Crippen LogP contribution in [0.1, 0.15) is 33.1 Å². The molecule has 1 aromatic carbocycles. The van der Waals surface area contributed by atoms with Gasteiger partial charge in [0.1, 0.15) is 11.5 Å². The van der Waals surface area contributed by atoms with E-state index >= 15 is 0 Å². The summed E-state index contributed by atoms with van der Waals surface area (Å²) in [5.41, 5.74) is 6.71. The fourth-order valence-electron chi connectivity index (χ4n) is 2.77. The molecule has 2 atom stereocenters. The SMILES string of the molecule is CCOc1ccc(OCC)c(NC(N)=NCC2CCCC2O)c1. The highest BCUT2D eigenvalue weighted by Crippen LogP contribution is 2.29. The summed E-state index contributed by atoms with van der Waals surface area (Å²) in [7, 11) is 0. The largest absolute Gasteiger partial charge is 0.494 e. The van der Waals surface area contributed by atoms with Crippen LogP contribution in [-0.2, 0) is 0 Å². The van der Waals surface area contributed by atoms with E-state index in [4.69, 9.17) is 15.2 Å². The lowest BCUT2D eigenvalue weighted by molar-refractivity contribution is 0.137. The van der Waals surface area contributed by atoms with Gasteiger partial charge in [0, 0.05) is 18.5 Å². The first kappa shape index (κ1) is 17.4. The number of hydrogen-bond acceptors (Lipinski definition) is 4. The third-order valence-corrected chi connectivity index (χ3v) is 3.94. The first-order valence-corrected chi connectivity index (χ1v) is 8.28. The minimum absolute atomic E-state index is 0.205. The van der Waals surface area contributed by atoms with Gasteiger partial charge in [0.05, 0.1) is 25.0 Å². The Labute approximate surface area is 137 Å². The van der Waals surface area contributed by atoms with Gasteiger partial charge in [-0.05, 0) is 38.8 Å². The number of aliphatic hydroxyl groups is 1. The van der Waals surface area contributed by atoms with Crippen molar-refractivity contribution in [1.82, 2.24) is 0 Å². The van der Waals surface area contributed by atoms with Crippen molar-refractivity contribution < 1.29 is 14.6 Å². The molecule has 1 aromatic rings. The number of aliphatic imine (C=N–C) groups is 1. The molecular formula is C17H27N3O3. The average Bonchev–Trinajstić information content (AvgIpc) is 2.93. The summed E-state index contributed by atoms with van der Waals surface area (Å²) in [6.07, 6.45) is 2.66. The van der Waals surface area contributed by atoms with Gasteiger partial charge in [0.2, 0.25) is 0 Å². The summed E-state index contributed by atoms with van der Waals surface area (Å²) < 4.78 is 11.1. The van der Waals surface area contributed by atoms with Crippen molar-refractivity contribution in [2.45, 2.75) is 39.2 Å². The molecule has 2 rings (SSSR count). The molecular weight excluding hydrogens is 294 g/mol. The lowest BCUT2D eigenvalue weighted by atomic mass is 10.1. The van der Waals surface area contributed by atoms with Crippen LogP contribution in [0.15, 0.2) is 23.2 Å². The van der Waals surface area contributed by atoms with E-state index in [0.717, 1.165) is 30.7 Å². The van der Waals surface area contributed by atoms with Crippen LogP contribution in [0.5, 0.6) is 11.5 Å². The fraction of sp³-hybridized carbons (Fsp3) is 0.588. The molecule has 1 aliphatic rings. The summed E-state index contributed by atoms with van der Waals surface area (Å²) in [5.74, 6) is 1.97. The Morgan fingerprint density at radius 1 is 1.30 bits per heavy atom. The number of aliphatic hydroxyl groups excluding tert-OH is 1. The second-order valence-corrected chi connectivity index (χ2v) is 5.63. The Hall–Kier alpha value is -1.95. The van der Waals surface area contributed by atoms with Gasteiger partial charge in [-0.2, -0.15) is 0 Å². The Balaban J connectivity index is 2.05. The molecule has 0 heterocycles. The van der Waals surface area contributed by atoms with Crippen LogP contribution in [0.25, 0.3) is 0 Å². The monoisotopic (exact) mass is 321 g/mol. The van der Waals surface area contributed by atoms with E-state index in [0.29, 0.717) is 31.5 Å². The van der Waals surface area contributed by atoms with Crippen LogP contribution in [0, 0.1) is 5.92 Å². The van der Waals surface area contributed by atoms with Crippen LogP contribution < -0.4 is 20.5 Å². The van der Waals surface area contributed by atoms with Gasteiger partial charge in [-0.25, -0.2) is 0 Å². The maximum Gasteiger partial charge on any atom is 0.193 e. The minimum atomic E-state index is -0.258. The van der Waals surface area contributed by atoms with E-state index in [9.17, 15) is 5.11 Å². The number of benzene rings is 1. The van der Waals surface area contributed by atoms with Gasteiger partial charge in [-0.15, -0.1) is 0 Å². The van der Waals surface area contributed by atoms with Gasteiger partial charge in [0.25, 0.3) is 0 Å². The molecule has 1 aliphatic carbocycles. The number of ether oxygens (including phenoxy) is 2. The summed E-state index contributed by atoms with van der Waals surface area (Å²) in [5, 5.41) is 12.9. The third kappa shape index (κ3) is 5.03. The standard InChI is InChI=1S/C17H27N3O3/c1-3-22-13-8-9-16(23-4-2)14(10-13)20-17(18)19-11-12-6-5-7-15(12)21/h8-10,12,15,21H,3-7,11H2,1-2H3,(H3,18,19,20). The van der Waals surface area contributed by atoms with E-state index in [2.05, 4.69) is 10.3 Å². The molecule has 0 saturated heterocycles. The average molecular weight is 321 g/mol. The molecule has 1 fully saturated rings. The Morgan fingerprint density at radius 3 is 2.74 bits per heavy atom. The molecule has 0 radical (unpaired) electrons. The molecule has 0 amide bonds. The Morgan fingerprint density at radius 2 is 2.09 bits per heavy atom. The topological polar surface area (TPSA) is 89.1 Å². The third-order valence-electron chi connectivity index (χ3n) is 3.94.